The molecule has 0 spiro atoms. The molecule has 0 amide bonds. The van der Waals surface area contributed by atoms with Crippen LogP contribution in [0, 0.1) is 6.92 Å². The first-order valence-electron chi connectivity index (χ1n) is 6.38. The first-order valence-corrected chi connectivity index (χ1v) is 6.38. The van der Waals surface area contributed by atoms with Crippen molar-refractivity contribution in [1.82, 2.24) is 5.32 Å². The zero-order valence-corrected chi connectivity index (χ0v) is 12.0. The Morgan fingerprint density at radius 2 is 1.94 bits per heavy atom. The summed E-state index contributed by atoms with van der Waals surface area (Å²) >= 11 is 0. The van der Waals surface area contributed by atoms with E-state index in [9.17, 15) is 0 Å². The Kier molecular flexibility index (Phi) is 3.39. The molecule has 3 nitrogen and oxygen atoms in total. The van der Waals surface area contributed by atoms with Gasteiger partial charge >= 0.3 is 0 Å². The Morgan fingerprint density at radius 3 is 2.56 bits per heavy atom. The van der Waals surface area contributed by atoms with Gasteiger partial charge in [0.1, 0.15) is 5.75 Å². The van der Waals surface area contributed by atoms with Crippen molar-refractivity contribution in [2.24, 2.45) is 0 Å². The van der Waals surface area contributed by atoms with E-state index in [0.717, 1.165) is 17.9 Å². The fraction of sp³-hybridized carbons (Fsp3) is 0.600. The summed E-state index contributed by atoms with van der Waals surface area (Å²) in [4.78, 5) is 0. The zero-order valence-electron chi connectivity index (χ0n) is 12.0. The fourth-order valence-electron chi connectivity index (χ4n) is 2.73. The van der Waals surface area contributed by atoms with Crippen molar-refractivity contribution in [2.75, 3.05) is 20.3 Å². The van der Waals surface area contributed by atoms with Gasteiger partial charge in [-0.25, -0.2) is 0 Å². The van der Waals surface area contributed by atoms with Gasteiger partial charge in [0.25, 0.3) is 0 Å². The average Bonchev–Trinajstić information content (AvgIpc) is 2.27. The van der Waals surface area contributed by atoms with Gasteiger partial charge in [-0.1, -0.05) is 17.7 Å². The average molecular weight is 249 g/mol. The monoisotopic (exact) mass is 249 g/mol. The number of benzene rings is 1. The lowest BCUT2D eigenvalue weighted by Gasteiger charge is -2.45. The molecule has 0 aromatic heterocycles. The number of morpholine rings is 1. The normalized spacial score (nSPS) is 26.9. The molecule has 1 N–H and O–H groups in total. The molecule has 1 aliphatic rings. The molecule has 1 heterocycles. The molecule has 1 atom stereocenters. The molecule has 0 aliphatic carbocycles. The highest BCUT2D eigenvalue weighted by Gasteiger charge is 2.39. The molecular formula is C15H23NO2. The van der Waals surface area contributed by atoms with E-state index >= 15 is 0 Å². The predicted octanol–water partition coefficient (Wildman–Crippen LogP) is 2.62. The van der Waals surface area contributed by atoms with Crippen LogP contribution >= 0.6 is 0 Å². The second-order valence-electron chi connectivity index (χ2n) is 6.04. The maximum absolute atomic E-state index is 5.78. The molecule has 3 heteroatoms. The van der Waals surface area contributed by atoms with Crippen molar-refractivity contribution in [3.05, 3.63) is 29.3 Å². The number of hydrogen-bond acceptors (Lipinski definition) is 3. The second-order valence-corrected chi connectivity index (χ2v) is 6.04. The summed E-state index contributed by atoms with van der Waals surface area (Å²) in [6.45, 7) is 9.98. The number of aryl methyl sites for hydroxylation is 1. The molecule has 0 saturated carbocycles. The summed E-state index contributed by atoms with van der Waals surface area (Å²) in [6.07, 6.45) is 0. The van der Waals surface area contributed by atoms with Gasteiger partial charge in [0.05, 0.1) is 25.9 Å². The van der Waals surface area contributed by atoms with Crippen LogP contribution in [0.5, 0.6) is 5.75 Å². The van der Waals surface area contributed by atoms with Crippen molar-refractivity contribution in [3.8, 4) is 5.75 Å². The molecule has 2 rings (SSSR count). The third-order valence-electron chi connectivity index (χ3n) is 3.42. The summed E-state index contributed by atoms with van der Waals surface area (Å²) in [5, 5.41) is 3.68. The lowest BCUT2D eigenvalue weighted by Crippen LogP contribution is -2.60. The zero-order chi connectivity index (χ0) is 13.4. The smallest absolute Gasteiger partial charge is 0.124 e. The van der Waals surface area contributed by atoms with Gasteiger partial charge in [-0.3, -0.25) is 5.32 Å². The summed E-state index contributed by atoms with van der Waals surface area (Å²) in [7, 11) is 1.71. The maximum Gasteiger partial charge on any atom is 0.124 e. The van der Waals surface area contributed by atoms with E-state index in [1.807, 2.05) is 6.07 Å². The van der Waals surface area contributed by atoms with E-state index in [1.54, 1.807) is 7.11 Å². The Balaban J connectivity index is 2.43. The lowest BCUT2D eigenvalue weighted by atomic mass is 9.86. The van der Waals surface area contributed by atoms with Crippen molar-refractivity contribution >= 4 is 0 Å². The van der Waals surface area contributed by atoms with E-state index in [4.69, 9.17) is 9.47 Å². The third-order valence-corrected chi connectivity index (χ3v) is 3.42. The van der Waals surface area contributed by atoms with Gasteiger partial charge in [-0.05, 0) is 33.8 Å². The van der Waals surface area contributed by atoms with Crippen LogP contribution < -0.4 is 10.1 Å². The van der Waals surface area contributed by atoms with Gasteiger partial charge in [0, 0.05) is 11.1 Å². The van der Waals surface area contributed by atoms with Crippen molar-refractivity contribution in [2.45, 2.75) is 38.8 Å². The molecule has 0 radical (unpaired) electrons. The molecule has 1 fully saturated rings. The molecule has 1 aromatic carbocycles. The molecule has 1 unspecified atom stereocenters. The number of hydrogen-bond donors (Lipinski definition) is 1. The highest BCUT2D eigenvalue weighted by Crippen LogP contribution is 2.35. The minimum absolute atomic E-state index is 0.0260. The highest BCUT2D eigenvalue weighted by atomic mass is 16.5. The molecule has 1 aliphatic heterocycles. The molecule has 1 aromatic rings. The molecule has 100 valence electrons. The van der Waals surface area contributed by atoms with Crippen LogP contribution in [0.4, 0.5) is 0 Å². The van der Waals surface area contributed by atoms with Crippen LogP contribution in [0.2, 0.25) is 0 Å². The van der Waals surface area contributed by atoms with E-state index < -0.39 is 0 Å². The maximum atomic E-state index is 5.78. The molecule has 0 bridgehead atoms. The Hall–Kier alpha value is -1.06. The van der Waals surface area contributed by atoms with Crippen LogP contribution in [0.25, 0.3) is 0 Å². The second kappa shape index (κ2) is 4.56. The number of methoxy groups -OCH3 is 1. The van der Waals surface area contributed by atoms with E-state index in [2.05, 4.69) is 45.1 Å². The largest absolute Gasteiger partial charge is 0.496 e. The SMILES string of the molecule is COc1ccc(C)cc1C1(C)COCC(C)(C)N1. The molecule has 1 saturated heterocycles. The van der Waals surface area contributed by atoms with E-state index in [-0.39, 0.29) is 11.1 Å². The van der Waals surface area contributed by atoms with Gasteiger partial charge < -0.3 is 9.47 Å². The van der Waals surface area contributed by atoms with Gasteiger partial charge in [-0.15, -0.1) is 0 Å². The third kappa shape index (κ3) is 2.52. The van der Waals surface area contributed by atoms with Crippen LogP contribution in [0.15, 0.2) is 18.2 Å². The van der Waals surface area contributed by atoms with Gasteiger partial charge in [0.2, 0.25) is 0 Å². The van der Waals surface area contributed by atoms with Crippen molar-refractivity contribution in [3.63, 3.8) is 0 Å². The van der Waals surface area contributed by atoms with E-state index in [1.165, 1.54) is 5.56 Å². The quantitative estimate of drug-likeness (QED) is 0.874. The summed E-state index contributed by atoms with van der Waals surface area (Å²) < 4.78 is 11.3. The summed E-state index contributed by atoms with van der Waals surface area (Å²) in [5.41, 5.74) is 2.16. The predicted molar refractivity (Wildman–Crippen MR) is 73.1 cm³/mol. The van der Waals surface area contributed by atoms with Crippen molar-refractivity contribution in [1.29, 1.82) is 0 Å². The fourth-order valence-corrected chi connectivity index (χ4v) is 2.73. The van der Waals surface area contributed by atoms with Crippen molar-refractivity contribution < 1.29 is 9.47 Å². The van der Waals surface area contributed by atoms with Crippen LogP contribution in [0.3, 0.4) is 0 Å². The van der Waals surface area contributed by atoms with E-state index in [0.29, 0.717) is 6.61 Å². The first-order chi connectivity index (χ1) is 8.36. The van der Waals surface area contributed by atoms with Crippen LogP contribution in [-0.4, -0.2) is 25.9 Å². The highest BCUT2D eigenvalue weighted by molar-refractivity contribution is 5.42. The first kappa shape index (κ1) is 13.4. The minimum atomic E-state index is -0.209. The number of nitrogens with one attached hydrogen (secondary N) is 1. The Morgan fingerprint density at radius 1 is 1.22 bits per heavy atom. The van der Waals surface area contributed by atoms with Gasteiger partial charge in [0.15, 0.2) is 0 Å². The van der Waals surface area contributed by atoms with Gasteiger partial charge in [-0.2, -0.15) is 0 Å². The van der Waals surface area contributed by atoms with Crippen LogP contribution in [-0.2, 0) is 10.3 Å². The topological polar surface area (TPSA) is 30.5 Å². The number of rotatable bonds is 2. The minimum Gasteiger partial charge on any atom is -0.496 e. The summed E-state index contributed by atoms with van der Waals surface area (Å²) in [6, 6.07) is 6.27. The Bertz CT molecular complexity index is 442. The number of ether oxygens (including phenoxy) is 2. The lowest BCUT2D eigenvalue weighted by molar-refractivity contribution is -0.0271. The van der Waals surface area contributed by atoms with Crippen LogP contribution in [0.1, 0.15) is 31.9 Å². The standard InChI is InChI=1S/C15H23NO2/c1-11-6-7-13(17-5)12(8-11)15(4)10-18-9-14(2,3)16-15/h6-8,16H,9-10H2,1-5H3. The molecule has 18 heavy (non-hydrogen) atoms. The molecular weight excluding hydrogens is 226 g/mol. The Labute approximate surface area is 109 Å². The summed E-state index contributed by atoms with van der Waals surface area (Å²) in [5.74, 6) is 0.914.